The Kier molecular flexibility index (Phi) is 6.45. The van der Waals surface area contributed by atoms with E-state index in [2.05, 4.69) is 10.6 Å². The summed E-state index contributed by atoms with van der Waals surface area (Å²) in [4.78, 5) is 23.1. The summed E-state index contributed by atoms with van der Waals surface area (Å²) in [6.45, 7) is 1.22. The highest BCUT2D eigenvalue weighted by Gasteiger charge is 2.34. The van der Waals surface area contributed by atoms with Gasteiger partial charge in [-0.25, -0.2) is 0 Å². The van der Waals surface area contributed by atoms with E-state index in [1.54, 1.807) is 0 Å². The molecule has 4 nitrogen and oxygen atoms in total. The second kappa shape index (κ2) is 8.36. The van der Waals surface area contributed by atoms with E-state index in [-0.39, 0.29) is 17.8 Å². The molecule has 1 saturated carbocycles. The normalized spacial score (nSPS) is 15.7. The highest BCUT2D eigenvalue weighted by molar-refractivity contribution is 5.93. The Labute approximate surface area is 145 Å². The maximum Gasteiger partial charge on any atom is 0.418 e. The van der Waals surface area contributed by atoms with E-state index in [1.165, 1.54) is 25.5 Å². The predicted molar refractivity (Wildman–Crippen MR) is 90.2 cm³/mol. The Morgan fingerprint density at radius 1 is 1.12 bits per heavy atom. The lowest BCUT2D eigenvalue weighted by Crippen LogP contribution is -2.18. The van der Waals surface area contributed by atoms with Gasteiger partial charge in [-0.1, -0.05) is 32.1 Å². The summed E-state index contributed by atoms with van der Waals surface area (Å²) < 4.78 is 39.7. The van der Waals surface area contributed by atoms with Gasteiger partial charge in [0.25, 0.3) is 0 Å². The molecule has 1 aromatic rings. The molecule has 0 atom stereocenters. The van der Waals surface area contributed by atoms with Gasteiger partial charge in [0.05, 0.1) is 11.3 Å². The van der Waals surface area contributed by atoms with Crippen LogP contribution in [0.2, 0.25) is 0 Å². The number of amides is 2. The van der Waals surface area contributed by atoms with Crippen molar-refractivity contribution in [1.82, 2.24) is 0 Å². The molecular weight excluding hydrogens is 333 g/mol. The Bertz CT molecular complexity index is 623. The average molecular weight is 356 g/mol. The SMILES string of the molecule is CC(=O)Nc1ccc(NC(=O)CCC2CCCCC2)c(C(F)(F)F)c1. The Hall–Kier alpha value is -2.05. The van der Waals surface area contributed by atoms with Gasteiger partial charge in [0.2, 0.25) is 11.8 Å². The second-order valence-corrected chi connectivity index (χ2v) is 6.53. The fraction of sp³-hybridized carbons (Fsp3) is 0.556. The first-order valence-electron chi connectivity index (χ1n) is 8.54. The van der Waals surface area contributed by atoms with Crippen LogP contribution in [-0.2, 0) is 15.8 Å². The van der Waals surface area contributed by atoms with Crippen molar-refractivity contribution in [2.24, 2.45) is 5.92 Å². The first kappa shape index (κ1) is 19.3. The quantitative estimate of drug-likeness (QED) is 0.783. The lowest BCUT2D eigenvalue weighted by Gasteiger charge is -2.21. The molecule has 0 aromatic heterocycles. The summed E-state index contributed by atoms with van der Waals surface area (Å²) >= 11 is 0. The number of benzene rings is 1. The summed E-state index contributed by atoms with van der Waals surface area (Å²) in [5.74, 6) is -0.385. The minimum atomic E-state index is -4.62. The molecule has 1 aromatic carbocycles. The van der Waals surface area contributed by atoms with Crippen molar-refractivity contribution in [3.8, 4) is 0 Å². The fourth-order valence-electron chi connectivity index (χ4n) is 3.19. The highest BCUT2D eigenvalue weighted by Crippen LogP contribution is 2.37. The van der Waals surface area contributed by atoms with E-state index < -0.39 is 23.6 Å². The van der Waals surface area contributed by atoms with E-state index in [1.807, 2.05) is 0 Å². The monoisotopic (exact) mass is 356 g/mol. The number of hydrogen-bond acceptors (Lipinski definition) is 2. The lowest BCUT2D eigenvalue weighted by molar-refractivity contribution is -0.137. The number of nitrogens with one attached hydrogen (secondary N) is 2. The van der Waals surface area contributed by atoms with Crippen LogP contribution < -0.4 is 10.6 Å². The van der Waals surface area contributed by atoms with Crippen LogP contribution in [0.1, 0.15) is 57.4 Å². The Morgan fingerprint density at radius 3 is 2.40 bits per heavy atom. The van der Waals surface area contributed by atoms with Gasteiger partial charge in [0.1, 0.15) is 0 Å². The van der Waals surface area contributed by atoms with Gasteiger partial charge in [-0.3, -0.25) is 9.59 Å². The maximum atomic E-state index is 13.2. The number of anilines is 2. The molecular formula is C18H23F3N2O2. The molecule has 7 heteroatoms. The first-order valence-corrected chi connectivity index (χ1v) is 8.54. The Balaban J connectivity index is 2.03. The number of rotatable bonds is 5. The molecule has 2 N–H and O–H groups in total. The Morgan fingerprint density at radius 2 is 1.80 bits per heavy atom. The van der Waals surface area contributed by atoms with Crippen LogP contribution in [0.5, 0.6) is 0 Å². The predicted octanol–water partition coefficient (Wildman–Crippen LogP) is 4.96. The molecule has 0 radical (unpaired) electrons. The summed E-state index contributed by atoms with van der Waals surface area (Å²) in [6.07, 6.45) is 2.02. The summed E-state index contributed by atoms with van der Waals surface area (Å²) in [6, 6.07) is 3.35. The van der Waals surface area contributed by atoms with Crippen LogP contribution in [0.3, 0.4) is 0 Å². The number of carbonyl (C=O) groups excluding carboxylic acids is 2. The third kappa shape index (κ3) is 6.07. The second-order valence-electron chi connectivity index (χ2n) is 6.53. The van der Waals surface area contributed by atoms with Gasteiger partial charge in [-0.15, -0.1) is 0 Å². The minimum absolute atomic E-state index is 0.0417. The van der Waals surface area contributed by atoms with Gasteiger partial charge < -0.3 is 10.6 Å². The van der Waals surface area contributed by atoms with Crippen molar-refractivity contribution in [3.05, 3.63) is 23.8 Å². The summed E-state index contributed by atoms with van der Waals surface area (Å²) in [7, 11) is 0. The van der Waals surface area contributed by atoms with Gasteiger partial charge in [-0.2, -0.15) is 13.2 Å². The zero-order valence-electron chi connectivity index (χ0n) is 14.2. The van der Waals surface area contributed by atoms with Gasteiger partial charge in [0.15, 0.2) is 0 Å². The minimum Gasteiger partial charge on any atom is -0.326 e. The molecule has 0 unspecified atom stereocenters. The van der Waals surface area contributed by atoms with E-state index in [9.17, 15) is 22.8 Å². The maximum absolute atomic E-state index is 13.2. The molecule has 0 spiro atoms. The standard InChI is InChI=1S/C18H23F3N2O2/c1-12(24)22-14-8-9-16(15(11-14)18(19,20)21)23-17(25)10-7-13-5-3-2-4-6-13/h8-9,11,13H,2-7,10H2,1H3,(H,22,24)(H,23,25). The van der Waals surface area contributed by atoms with Crippen molar-refractivity contribution >= 4 is 23.2 Å². The molecule has 0 bridgehead atoms. The average Bonchev–Trinajstić information content (AvgIpc) is 2.54. The zero-order valence-corrected chi connectivity index (χ0v) is 14.2. The van der Waals surface area contributed by atoms with Crippen LogP contribution >= 0.6 is 0 Å². The van der Waals surface area contributed by atoms with E-state index >= 15 is 0 Å². The van der Waals surface area contributed by atoms with E-state index in [4.69, 9.17) is 0 Å². The van der Waals surface area contributed by atoms with Crippen LogP contribution in [0.4, 0.5) is 24.5 Å². The molecule has 138 valence electrons. The topological polar surface area (TPSA) is 58.2 Å². The van der Waals surface area contributed by atoms with Crippen LogP contribution in [-0.4, -0.2) is 11.8 Å². The van der Waals surface area contributed by atoms with Crippen LogP contribution in [0, 0.1) is 5.92 Å². The molecule has 0 saturated heterocycles. The van der Waals surface area contributed by atoms with Crippen LogP contribution in [0.15, 0.2) is 18.2 Å². The number of hydrogen-bond donors (Lipinski definition) is 2. The molecule has 0 aliphatic heterocycles. The molecule has 1 fully saturated rings. The van der Waals surface area contributed by atoms with E-state index in [0.717, 1.165) is 31.7 Å². The van der Waals surface area contributed by atoms with Crippen molar-refractivity contribution in [2.45, 2.75) is 58.0 Å². The summed E-state index contributed by atoms with van der Waals surface area (Å²) in [5.41, 5.74) is -1.21. The number of alkyl halides is 3. The van der Waals surface area contributed by atoms with Crippen molar-refractivity contribution in [3.63, 3.8) is 0 Å². The third-order valence-electron chi connectivity index (χ3n) is 4.42. The van der Waals surface area contributed by atoms with Crippen molar-refractivity contribution < 1.29 is 22.8 Å². The molecule has 25 heavy (non-hydrogen) atoms. The molecule has 1 aliphatic carbocycles. The van der Waals surface area contributed by atoms with Crippen molar-refractivity contribution in [1.29, 1.82) is 0 Å². The van der Waals surface area contributed by atoms with Crippen molar-refractivity contribution in [2.75, 3.05) is 10.6 Å². The van der Waals surface area contributed by atoms with Crippen LogP contribution in [0.25, 0.3) is 0 Å². The smallest absolute Gasteiger partial charge is 0.326 e. The highest BCUT2D eigenvalue weighted by atomic mass is 19.4. The van der Waals surface area contributed by atoms with E-state index in [0.29, 0.717) is 12.3 Å². The first-order chi connectivity index (χ1) is 11.8. The lowest BCUT2D eigenvalue weighted by atomic mass is 9.86. The molecule has 0 heterocycles. The van der Waals surface area contributed by atoms with Gasteiger partial charge in [0, 0.05) is 19.0 Å². The third-order valence-corrected chi connectivity index (χ3v) is 4.42. The number of carbonyl (C=O) groups is 2. The molecule has 2 amide bonds. The van der Waals surface area contributed by atoms with Gasteiger partial charge in [-0.05, 0) is 30.5 Å². The molecule has 2 rings (SSSR count). The van der Waals surface area contributed by atoms with Gasteiger partial charge >= 0.3 is 6.18 Å². The fourth-order valence-corrected chi connectivity index (χ4v) is 3.19. The number of halogens is 3. The molecule has 1 aliphatic rings. The summed E-state index contributed by atoms with van der Waals surface area (Å²) in [5, 5.41) is 4.68. The largest absolute Gasteiger partial charge is 0.418 e. The zero-order chi connectivity index (χ0) is 18.4.